The predicted molar refractivity (Wildman–Crippen MR) is 60.8 cm³/mol. The molecule has 17 heavy (non-hydrogen) atoms. The third kappa shape index (κ3) is 2.82. The molecule has 1 aliphatic carbocycles. The third-order valence-electron chi connectivity index (χ3n) is 3.29. The van der Waals surface area contributed by atoms with Gasteiger partial charge >= 0.3 is 0 Å². The van der Waals surface area contributed by atoms with Crippen molar-refractivity contribution < 1.29 is 9.32 Å². The lowest BCUT2D eigenvalue weighted by molar-refractivity contribution is -0.126. The van der Waals surface area contributed by atoms with Crippen LogP contribution in [0.1, 0.15) is 31.0 Å². The van der Waals surface area contributed by atoms with Gasteiger partial charge in [0.05, 0.1) is 6.54 Å². The zero-order valence-corrected chi connectivity index (χ0v) is 9.98. The first-order chi connectivity index (χ1) is 8.20. The van der Waals surface area contributed by atoms with Crippen LogP contribution in [0.5, 0.6) is 0 Å². The smallest absolute Gasteiger partial charge is 0.223 e. The second kappa shape index (κ2) is 5.27. The molecule has 1 aromatic heterocycles. The standard InChI is InChI=1S/C11H18N4O2/c1-7-14-10(15-17-7)6-13-11(16)9-4-2-3-8(9)5-12/h8-9H,2-6,12H2,1H3,(H,13,16). The summed E-state index contributed by atoms with van der Waals surface area (Å²) in [6, 6.07) is 0. The van der Waals surface area contributed by atoms with Crippen LogP contribution in [0.15, 0.2) is 4.52 Å². The summed E-state index contributed by atoms with van der Waals surface area (Å²) in [6.07, 6.45) is 3.07. The number of nitrogens with zero attached hydrogens (tertiary/aromatic N) is 2. The molecule has 3 N–H and O–H groups in total. The Bertz CT molecular complexity index is 391. The quantitative estimate of drug-likeness (QED) is 0.790. The minimum Gasteiger partial charge on any atom is -0.348 e. The van der Waals surface area contributed by atoms with Gasteiger partial charge in [0, 0.05) is 12.8 Å². The Morgan fingerprint density at radius 3 is 3.06 bits per heavy atom. The molecule has 2 unspecified atom stereocenters. The van der Waals surface area contributed by atoms with E-state index in [2.05, 4.69) is 15.5 Å². The third-order valence-corrected chi connectivity index (χ3v) is 3.29. The van der Waals surface area contributed by atoms with Gasteiger partial charge in [-0.2, -0.15) is 4.98 Å². The van der Waals surface area contributed by atoms with Gasteiger partial charge in [-0.25, -0.2) is 0 Å². The van der Waals surface area contributed by atoms with Crippen LogP contribution in [0.4, 0.5) is 0 Å². The van der Waals surface area contributed by atoms with Crippen LogP contribution in [0, 0.1) is 18.8 Å². The monoisotopic (exact) mass is 238 g/mol. The largest absolute Gasteiger partial charge is 0.348 e. The second-order valence-corrected chi connectivity index (χ2v) is 4.48. The van der Waals surface area contributed by atoms with Crippen LogP contribution >= 0.6 is 0 Å². The van der Waals surface area contributed by atoms with Crippen LogP contribution in [0.25, 0.3) is 0 Å². The molecule has 94 valence electrons. The van der Waals surface area contributed by atoms with Crippen molar-refractivity contribution in [2.24, 2.45) is 17.6 Å². The number of amides is 1. The average molecular weight is 238 g/mol. The first kappa shape index (κ1) is 12.0. The highest BCUT2D eigenvalue weighted by atomic mass is 16.5. The van der Waals surface area contributed by atoms with E-state index in [-0.39, 0.29) is 11.8 Å². The Labute approximate surface area is 99.9 Å². The normalized spacial score (nSPS) is 23.9. The van der Waals surface area contributed by atoms with Crippen molar-refractivity contribution in [1.82, 2.24) is 15.5 Å². The van der Waals surface area contributed by atoms with Gasteiger partial charge in [0.25, 0.3) is 0 Å². The maximum Gasteiger partial charge on any atom is 0.223 e. The number of aryl methyl sites for hydroxylation is 1. The second-order valence-electron chi connectivity index (χ2n) is 4.48. The van der Waals surface area contributed by atoms with Crippen LogP contribution in [0.2, 0.25) is 0 Å². The van der Waals surface area contributed by atoms with Crippen molar-refractivity contribution in [3.63, 3.8) is 0 Å². The van der Waals surface area contributed by atoms with Crippen LogP contribution < -0.4 is 11.1 Å². The van der Waals surface area contributed by atoms with Crippen molar-refractivity contribution in [2.75, 3.05) is 6.54 Å². The van der Waals surface area contributed by atoms with Crippen LogP contribution in [-0.4, -0.2) is 22.6 Å². The number of carbonyl (C=O) groups is 1. The van der Waals surface area contributed by atoms with Crippen LogP contribution in [-0.2, 0) is 11.3 Å². The number of carbonyl (C=O) groups excluding carboxylic acids is 1. The molecule has 0 radical (unpaired) electrons. The fourth-order valence-electron chi connectivity index (χ4n) is 2.37. The van der Waals surface area contributed by atoms with Crippen molar-refractivity contribution in [1.29, 1.82) is 0 Å². The zero-order valence-electron chi connectivity index (χ0n) is 9.98. The molecule has 1 amide bonds. The summed E-state index contributed by atoms with van der Waals surface area (Å²) in [7, 11) is 0. The highest BCUT2D eigenvalue weighted by molar-refractivity contribution is 5.79. The molecule has 0 spiro atoms. The molecule has 0 saturated heterocycles. The van der Waals surface area contributed by atoms with E-state index in [1.165, 1.54) is 0 Å². The molecule has 2 atom stereocenters. The van der Waals surface area contributed by atoms with Crippen molar-refractivity contribution >= 4 is 5.91 Å². The van der Waals surface area contributed by atoms with Gasteiger partial charge in [-0.3, -0.25) is 4.79 Å². The van der Waals surface area contributed by atoms with Gasteiger partial charge in [0.1, 0.15) is 0 Å². The number of hydrogen-bond donors (Lipinski definition) is 2. The summed E-state index contributed by atoms with van der Waals surface area (Å²) in [5.41, 5.74) is 5.65. The zero-order chi connectivity index (χ0) is 12.3. The lowest BCUT2D eigenvalue weighted by Crippen LogP contribution is -2.34. The molecule has 0 bridgehead atoms. The minimum atomic E-state index is 0.0491. The lowest BCUT2D eigenvalue weighted by atomic mass is 9.95. The van der Waals surface area contributed by atoms with E-state index in [1.54, 1.807) is 6.92 Å². The Hall–Kier alpha value is -1.43. The average Bonchev–Trinajstić information content (AvgIpc) is 2.94. The summed E-state index contributed by atoms with van der Waals surface area (Å²) < 4.78 is 4.83. The molecule has 1 saturated carbocycles. The van der Waals surface area contributed by atoms with Gasteiger partial charge in [0.15, 0.2) is 5.82 Å². The van der Waals surface area contributed by atoms with Gasteiger partial charge in [-0.05, 0) is 25.3 Å². The van der Waals surface area contributed by atoms with E-state index in [4.69, 9.17) is 10.3 Å². The molecule has 1 aliphatic rings. The van der Waals surface area contributed by atoms with E-state index < -0.39 is 0 Å². The topological polar surface area (TPSA) is 94.0 Å². The Morgan fingerprint density at radius 1 is 1.59 bits per heavy atom. The van der Waals surface area contributed by atoms with Crippen molar-refractivity contribution in [2.45, 2.75) is 32.7 Å². The maximum atomic E-state index is 11.9. The maximum absolute atomic E-state index is 11.9. The molecule has 0 aliphatic heterocycles. The van der Waals surface area contributed by atoms with E-state index in [0.29, 0.717) is 30.7 Å². The molecule has 6 heteroatoms. The predicted octanol–water partition coefficient (Wildman–Crippen LogP) is 0.369. The fourth-order valence-corrected chi connectivity index (χ4v) is 2.37. The summed E-state index contributed by atoms with van der Waals surface area (Å²) in [5.74, 6) is 1.45. The Balaban J connectivity index is 1.84. The first-order valence-electron chi connectivity index (χ1n) is 5.97. The summed E-state index contributed by atoms with van der Waals surface area (Å²) >= 11 is 0. The van der Waals surface area contributed by atoms with Crippen molar-refractivity contribution in [3.8, 4) is 0 Å². The number of nitrogens with two attached hydrogens (primary N) is 1. The lowest BCUT2D eigenvalue weighted by Gasteiger charge is -2.16. The highest BCUT2D eigenvalue weighted by Crippen LogP contribution is 2.30. The number of nitrogens with one attached hydrogen (secondary N) is 1. The van der Waals surface area contributed by atoms with Crippen LogP contribution in [0.3, 0.4) is 0 Å². The molecule has 6 nitrogen and oxygen atoms in total. The van der Waals surface area contributed by atoms with E-state index >= 15 is 0 Å². The summed E-state index contributed by atoms with van der Waals surface area (Å²) in [5, 5.41) is 6.57. The van der Waals surface area contributed by atoms with E-state index in [1.807, 2.05) is 0 Å². The molecular formula is C11H18N4O2. The number of hydrogen-bond acceptors (Lipinski definition) is 5. The van der Waals surface area contributed by atoms with Gasteiger partial charge < -0.3 is 15.6 Å². The molecule has 1 fully saturated rings. The van der Waals surface area contributed by atoms with E-state index in [9.17, 15) is 4.79 Å². The molecular weight excluding hydrogens is 220 g/mol. The van der Waals surface area contributed by atoms with Gasteiger partial charge in [-0.1, -0.05) is 11.6 Å². The molecule has 2 rings (SSSR count). The Morgan fingerprint density at radius 2 is 2.41 bits per heavy atom. The minimum absolute atomic E-state index is 0.0491. The molecule has 1 heterocycles. The van der Waals surface area contributed by atoms with Gasteiger partial charge in [-0.15, -0.1) is 0 Å². The fraction of sp³-hybridized carbons (Fsp3) is 0.727. The summed E-state index contributed by atoms with van der Waals surface area (Å²) in [4.78, 5) is 16.0. The van der Waals surface area contributed by atoms with Gasteiger partial charge in [0.2, 0.25) is 11.8 Å². The Kier molecular flexibility index (Phi) is 3.73. The number of aromatic nitrogens is 2. The SMILES string of the molecule is Cc1nc(CNC(=O)C2CCCC2CN)no1. The first-order valence-corrected chi connectivity index (χ1v) is 5.97. The highest BCUT2D eigenvalue weighted by Gasteiger charge is 2.31. The molecule has 0 aromatic carbocycles. The van der Waals surface area contributed by atoms with Crippen molar-refractivity contribution in [3.05, 3.63) is 11.7 Å². The summed E-state index contributed by atoms with van der Waals surface area (Å²) in [6.45, 7) is 2.63. The molecule has 1 aromatic rings. The van der Waals surface area contributed by atoms with E-state index in [0.717, 1.165) is 19.3 Å². The number of rotatable bonds is 4.